The molecular weight excluding hydrogens is 334 g/mol. The molecule has 1 aliphatic rings. The molecule has 2 amide bonds. The molecule has 0 radical (unpaired) electrons. The Bertz CT molecular complexity index is 715. The number of carbonyl (C=O) groups excluding carboxylic acids is 3. The highest BCUT2D eigenvalue weighted by atomic mass is 32.2. The Morgan fingerprint density at radius 3 is 2.71 bits per heavy atom. The number of hydrogen-bond acceptors (Lipinski definition) is 7. The summed E-state index contributed by atoms with van der Waals surface area (Å²) in [6, 6.07) is 3.61. The van der Waals surface area contributed by atoms with Crippen molar-refractivity contribution in [1.82, 2.24) is 4.90 Å². The number of methoxy groups -OCH3 is 1. The first kappa shape index (κ1) is 17.9. The number of ether oxygens (including phenoxy) is 2. The monoisotopic (exact) mass is 351 g/mol. The van der Waals surface area contributed by atoms with Crippen molar-refractivity contribution in [3.8, 4) is 11.5 Å². The van der Waals surface area contributed by atoms with Crippen LogP contribution in [0.1, 0.15) is 19.4 Å². The van der Waals surface area contributed by atoms with Crippen LogP contribution in [0.25, 0.3) is 6.08 Å². The van der Waals surface area contributed by atoms with E-state index in [0.717, 1.165) is 16.7 Å². The molecule has 1 aromatic carbocycles. The number of carbonyl (C=O) groups is 3. The first-order chi connectivity index (χ1) is 11.4. The third-order valence-corrected chi connectivity index (χ3v) is 4.22. The lowest BCUT2D eigenvalue weighted by Gasteiger charge is -2.19. The molecule has 0 aromatic heterocycles. The van der Waals surface area contributed by atoms with Crippen LogP contribution in [0.2, 0.25) is 0 Å². The maximum Gasteiger partial charge on any atom is 0.329 e. The number of phenolic OH excluding ortho intramolecular Hbond substituents is 1. The molecular formula is C16H17NO6S. The Morgan fingerprint density at radius 1 is 1.42 bits per heavy atom. The van der Waals surface area contributed by atoms with Gasteiger partial charge in [0.15, 0.2) is 11.5 Å². The lowest BCUT2D eigenvalue weighted by atomic mass is 10.2. The minimum Gasteiger partial charge on any atom is -0.504 e. The van der Waals surface area contributed by atoms with Crippen LogP contribution >= 0.6 is 11.8 Å². The maximum absolute atomic E-state index is 12.4. The molecule has 1 aromatic rings. The molecule has 7 nitrogen and oxygen atoms in total. The minimum absolute atomic E-state index is 0.0784. The summed E-state index contributed by atoms with van der Waals surface area (Å²) in [7, 11) is 1.43. The quantitative estimate of drug-likeness (QED) is 0.643. The SMILES string of the molecule is CCOC(=O)[C@@H](C)N1C(=O)S/C(=C/c2ccc(OC)c(O)c2)C1=O. The molecule has 1 saturated heterocycles. The number of phenols is 1. The predicted octanol–water partition coefficient (Wildman–Crippen LogP) is 2.39. The van der Waals surface area contributed by atoms with Gasteiger partial charge in [-0.1, -0.05) is 6.07 Å². The number of amides is 2. The minimum atomic E-state index is -0.993. The van der Waals surface area contributed by atoms with E-state index < -0.39 is 23.2 Å². The number of thioether (sulfide) groups is 1. The van der Waals surface area contributed by atoms with Gasteiger partial charge in [-0.15, -0.1) is 0 Å². The van der Waals surface area contributed by atoms with Crippen LogP contribution in [-0.4, -0.2) is 46.9 Å². The normalized spacial score (nSPS) is 17.3. The summed E-state index contributed by atoms with van der Waals surface area (Å²) in [5, 5.41) is 9.23. The molecule has 0 aliphatic carbocycles. The molecule has 8 heteroatoms. The fourth-order valence-corrected chi connectivity index (χ4v) is 3.04. The highest BCUT2D eigenvalue weighted by Gasteiger charge is 2.41. The van der Waals surface area contributed by atoms with E-state index >= 15 is 0 Å². The van der Waals surface area contributed by atoms with Crippen molar-refractivity contribution in [3.63, 3.8) is 0 Å². The Balaban J connectivity index is 2.24. The molecule has 24 heavy (non-hydrogen) atoms. The van der Waals surface area contributed by atoms with Gasteiger partial charge in [0.2, 0.25) is 0 Å². The summed E-state index contributed by atoms with van der Waals surface area (Å²) in [4.78, 5) is 37.2. The number of nitrogens with zero attached hydrogens (tertiary/aromatic N) is 1. The van der Waals surface area contributed by atoms with Gasteiger partial charge in [0, 0.05) is 0 Å². The molecule has 0 unspecified atom stereocenters. The van der Waals surface area contributed by atoms with Crippen molar-refractivity contribution in [3.05, 3.63) is 28.7 Å². The Labute approximate surface area is 143 Å². The highest BCUT2D eigenvalue weighted by molar-refractivity contribution is 8.18. The number of esters is 1. The van der Waals surface area contributed by atoms with E-state index in [2.05, 4.69) is 0 Å². The van der Waals surface area contributed by atoms with Crippen LogP contribution in [0.15, 0.2) is 23.1 Å². The third kappa shape index (κ3) is 3.53. The fourth-order valence-electron chi connectivity index (χ4n) is 2.13. The smallest absolute Gasteiger partial charge is 0.329 e. The predicted molar refractivity (Wildman–Crippen MR) is 88.6 cm³/mol. The van der Waals surface area contributed by atoms with Gasteiger partial charge in [-0.2, -0.15) is 0 Å². The van der Waals surface area contributed by atoms with Crippen LogP contribution in [0.4, 0.5) is 4.79 Å². The summed E-state index contributed by atoms with van der Waals surface area (Å²) < 4.78 is 9.80. The zero-order valence-corrected chi connectivity index (χ0v) is 14.3. The van der Waals surface area contributed by atoms with Gasteiger partial charge in [0.1, 0.15) is 6.04 Å². The molecule has 1 fully saturated rings. The first-order valence-corrected chi connectivity index (χ1v) is 8.01. The van der Waals surface area contributed by atoms with Crippen molar-refractivity contribution in [2.75, 3.05) is 13.7 Å². The van der Waals surface area contributed by atoms with Crippen molar-refractivity contribution in [2.24, 2.45) is 0 Å². The van der Waals surface area contributed by atoms with Gasteiger partial charge in [0.05, 0.1) is 18.6 Å². The summed E-state index contributed by atoms with van der Waals surface area (Å²) in [6.07, 6.45) is 1.47. The van der Waals surface area contributed by atoms with Gasteiger partial charge in [-0.3, -0.25) is 14.5 Å². The van der Waals surface area contributed by atoms with Crippen LogP contribution in [-0.2, 0) is 14.3 Å². The average molecular weight is 351 g/mol. The molecule has 0 saturated carbocycles. The van der Waals surface area contributed by atoms with Gasteiger partial charge in [-0.25, -0.2) is 4.79 Å². The van der Waals surface area contributed by atoms with E-state index in [0.29, 0.717) is 11.3 Å². The van der Waals surface area contributed by atoms with Gasteiger partial charge in [0.25, 0.3) is 11.1 Å². The second kappa shape index (κ2) is 7.39. The summed E-state index contributed by atoms with van der Waals surface area (Å²) in [5.74, 6) is -0.981. The third-order valence-electron chi connectivity index (χ3n) is 3.34. The Morgan fingerprint density at radius 2 is 2.12 bits per heavy atom. The molecule has 0 bridgehead atoms. The fraction of sp³-hybridized carbons (Fsp3) is 0.312. The van der Waals surface area contributed by atoms with E-state index in [-0.39, 0.29) is 17.3 Å². The van der Waals surface area contributed by atoms with E-state index in [9.17, 15) is 19.5 Å². The maximum atomic E-state index is 12.4. The lowest BCUT2D eigenvalue weighted by Crippen LogP contribution is -2.42. The van der Waals surface area contributed by atoms with Crippen LogP contribution in [0, 0.1) is 0 Å². The average Bonchev–Trinajstić information content (AvgIpc) is 2.81. The van der Waals surface area contributed by atoms with E-state index in [1.165, 1.54) is 26.2 Å². The van der Waals surface area contributed by atoms with Crippen molar-refractivity contribution in [1.29, 1.82) is 0 Å². The number of aromatic hydroxyl groups is 1. The first-order valence-electron chi connectivity index (χ1n) is 7.19. The molecule has 2 rings (SSSR count). The van der Waals surface area contributed by atoms with E-state index in [1.807, 2.05) is 0 Å². The number of imide groups is 1. The summed E-state index contributed by atoms with van der Waals surface area (Å²) >= 11 is 0.734. The molecule has 1 N–H and O–H groups in total. The van der Waals surface area contributed by atoms with Crippen molar-refractivity contribution >= 4 is 35.0 Å². The molecule has 1 heterocycles. The molecule has 1 aliphatic heterocycles. The molecule has 128 valence electrons. The number of hydrogen-bond donors (Lipinski definition) is 1. The Hall–Kier alpha value is -2.48. The zero-order valence-electron chi connectivity index (χ0n) is 13.4. The van der Waals surface area contributed by atoms with Gasteiger partial charge >= 0.3 is 5.97 Å². The topological polar surface area (TPSA) is 93.1 Å². The second-order valence-corrected chi connectivity index (χ2v) is 5.90. The molecule has 1 atom stereocenters. The van der Waals surface area contributed by atoms with Crippen molar-refractivity contribution in [2.45, 2.75) is 19.9 Å². The van der Waals surface area contributed by atoms with Gasteiger partial charge < -0.3 is 14.6 Å². The van der Waals surface area contributed by atoms with E-state index in [1.54, 1.807) is 19.1 Å². The highest BCUT2D eigenvalue weighted by Crippen LogP contribution is 2.35. The summed E-state index contributed by atoms with van der Waals surface area (Å²) in [6.45, 7) is 3.26. The van der Waals surface area contributed by atoms with E-state index in [4.69, 9.17) is 9.47 Å². The number of benzene rings is 1. The summed E-state index contributed by atoms with van der Waals surface area (Å²) in [5.41, 5.74) is 0.530. The second-order valence-electron chi connectivity index (χ2n) is 4.91. The Kier molecular flexibility index (Phi) is 5.50. The van der Waals surface area contributed by atoms with Gasteiger partial charge in [-0.05, 0) is 49.4 Å². The van der Waals surface area contributed by atoms with Crippen molar-refractivity contribution < 1.29 is 29.0 Å². The van der Waals surface area contributed by atoms with Crippen LogP contribution in [0.5, 0.6) is 11.5 Å². The van der Waals surface area contributed by atoms with Crippen LogP contribution < -0.4 is 4.74 Å². The molecule has 0 spiro atoms. The van der Waals surface area contributed by atoms with Crippen LogP contribution in [0.3, 0.4) is 0 Å². The number of rotatable bonds is 5. The lowest BCUT2D eigenvalue weighted by molar-refractivity contribution is -0.150. The standard InChI is InChI=1S/C16H17NO6S/c1-4-23-15(20)9(2)17-14(19)13(24-16(17)21)8-10-5-6-12(22-3)11(18)7-10/h5-9,18H,4H2,1-3H3/b13-8+/t9-/m1/s1. The zero-order chi connectivity index (χ0) is 17.9. The largest absolute Gasteiger partial charge is 0.504 e.